The fourth-order valence-electron chi connectivity index (χ4n) is 6.77. The van der Waals surface area contributed by atoms with Crippen molar-refractivity contribution in [2.75, 3.05) is 0 Å². The second-order valence-corrected chi connectivity index (χ2v) is 17.4. The molecule has 2 nitrogen and oxygen atoms in total. The molecule has 0 spiro atoms. The van der Waals surface area contributed by atoms with Gasteiger partial charge in [0.05, 0.1) is 0 Å². The van der Waals surface area contributed by atoms with Gasteiger partial charge in [-0.3, -0.25) is 0 Å². The number of imidazole rings is 1. The average Bonchev–Trinajstić information content (AvgIpc) is 3.48. The van der Waals surface area contributed by atoms with Crippen molar-refractivity contribution < 1.29 is 0 Å². The summed E-state index contributed by atoms with van der Waals surface area (Å²) in [5.74, 6) is 0. The van der Waals surface area contributed by atoms with Crippen LogP contribution in [0.15, 0.2) is 152 Å². The quantitative estimate of drug-likeness (QED) is 0.109. The Bertz CT molecular complexity index is 2600. The van der Waals surface area contributed by atoms with Crippen molar-refractivity contribution in [3.8, 4) is 0 Å². The van der Waals surface area contributed by atoms with Crippen molar-refractivity contribution in [3.63, 3.8) is 0 Å². The van der Waals surface area contributed by atoms with Crippen LogP contribution in [0.25, 0.3) is 59.9 Å². The molecule has 202 valence electrons. The Morgan fingerprint density at radius 3 is 1.93 bits per heavy atom. The third-order valence-electron chi connectivity index (χ3n) is 8.82. The van der Waals surface area contributed by atoms with E-state index < -0.39 is 5.51 Å². The summed E-state index contributed by atoms with van der Waals surface area (Å²) >= 11 is 3.80. The van der Waals surface area contributed by atoms with Crippen LogP contribution in [-0.2, 0) is 0 Å². The molecule has 0 aliphatic heterocycles. The molecule has 0 bridgehead atoms. The molecule has 0 N–H and O–H groups in total. The van der Waals surface area contributed by atoms with Gasteiger partial charge in [-0.05, 0) is 0 Å². The van der Waals surface area contributed by atoms with Crippen LogP contribution in [0.4, 0.5) is 0 Å². The molecule has 9 rings (SSSR count). The van der Waals surface area contributed by atoms with Crippen LogP contribution >= 0.6 is 5.51 Å². The SMILES string of the molecule is [Se]=P(c1ccccc1)(c1ccc2c(ccc3ccccc32)c1)c1ccc2c(c1)c1ccccc1n1c3ccccc3nc21. The van der Waals surface area contributed by atoms with Gasteiger partial charge < -0.3 is 0 Å². The number of rotatable bonds is 3. The zero-order chi connectivity index (χ0) is 28.5. The van der Waals surface area contributed by atoms with Gasteiger partial charge >= 0.3 is 257 Å². The molecule has 0 aliphatic carbocycles. The van der Waals surface area contributed by atoms with E-state index in [0.717, 1.165) is 16.7 Å². The molecule has 2 aromatic heterocycles. The normalized spacial score (nSPS) is 13.4. The molecule has 1 atom stereocenters. The van der Waals surface area contributed by atoms with Crippen LogP contribution in [-0.4, -0.2) is 24.5 Å². The van der Waals surface area contributed by atoms with E-state index in [1.807, 2.05) is 0 Å². The number of hydrogen-bond donors (Lipinski definition) is 0. The van der Waals surface area contributed by atoms with Gasteiger partial charge in [0, 0.05) is 0 Å². The van der Waals surface area contributed by atoms with E-state index in [4.69, 9.17) is 4.98 Å². The number of fused-ring (bicyclic) bond motifs is 11. The van der Waals surface area contributed by atoms with E-state index in [1.54, 1.807) is 0 Å². The Morgan fingerprint density at radius 2 is 1.07 bits per heavy atom. The minimum atomic E-state index is -2.11. The van der Waals surface area contributed by atoms with Crippen LogP contribution in [0.2, 0.25) is 0 Å². The van der Waals surface area contributed by atoms with Crippen LogP contribution in [0, 0.1) is 0 Å². The topological polar surface area (TPSA) is 17.3 Å². The monoisotopic (exact) mass is 632 g/mol. The first-order valence-electron chi connectivity index (χ1n) is 14.5. The van der Waals surface area contributed by atoms with Crippen LogP contribution in [0.5, 0.6) is 0 Å². The molecule has 0 saturated heterocycles. The average molecular weight is 632 g/mol. The summed E-state index contributed by atoms with van der Waals surface area (Å²) in [5.41, 5.74) is 2.22. The second kappa shape index (κ2) is 9.49. The fourth-order valence-corrected chi connectivity index (χ4v) is 11.7. The molecular weight excluding hydrogens is 606 g/mol. The van der Waals surface area contributed by atoms with E-state index in [0.29, 0.717) is 0 Å². The molecule has 43 heavy (non-hydrogen) atoms. The van der Waals surface area contributed by atoms with E-state index in [9.17, 15) is 0 Å². The number of hydrogen-bond acceptors (Lipinski definition) is 1. The summed E-state index contributed by atoms with van der Waals surface area (Å²) < 4.78 is 2.32. The van der Waals surface area contributed by atoms with E-state index >= 15 is 0 Å². The van der Waals surface area contributed by atoms with Crippen molar-refractivity contribution >= 4 is 96.4 Å². The molecule has 4 heteroatoms. The van der Waals surface area contributed by atoms with Crippen LogP contribution < -0.4 is 15.9 Å². The Hall–Kier alpha value is -4.52. The summed E-state index contributed by atoms with van der Waals surface area (Å²) in [7, 11) is 0. The number of aromatic nitrogens is 2. The van der Waals surface area contributed by atoms with E-state index in [2.05, 4.69) is 171 Å². The molecule has 0 aliphatic rings. The van der Waals surface area contributed by atoms with Gasteiger partial charge in [0.1, 0.15) is 0 Å². The summed E-state index contributed by atoms with van der Waals surface area (Å²) in [6, 6.07) is 55.4. The standard InChI is InChI=1S/C39H25N2PSe/c43-42(28-11-2-1-3-12-28,29-20-22-32-27(24-29)19-18-26-10-4-5-13-31(26)32)30-21-23-34-35(25-30)33-14-6-8-16-37(33)41-38-17-9-7-15-36(38)40-39(34)41/h1-25H. The van der Waals surface area contributed by atoms with Crippen molar-refractivity contribution in [2.24, 2.45) is 0 Å². The Labute approximate surface area is 256 Å². The molecule has 2 heterocycles. The van der Waals surface area contributed by atoms with Crippen LogP contribution in [0.1, 0.15) is 0 Å². The maximum atomic E-state index is 5.12. The van der Waals surface area contributed by atoms with Gasteiger partial charge in [-0.2, -0.15) is 0 Å². The van der Waals surface area contributed by atoms with Gasteiger partial charge in [-0.1, -0.05) is 0 Å². The van der Waals surface area contributed by atoms with Crippen LogP contribution in [0.3, 0.4) is 0 Å². The van der Waals surface area contributed by atoms with Gasteiger partial charge in [-0.25, -0.2) is 0 Å². The third-order valence-corrected chi connectivity index (χ3v) is 15.8. The molecule has 1 unspecified atom stereocenters. The molecule has 7 aromatic carbocycles. The number of para-hydroxylation sites is 3. The predicted molar refractivity (Wildman–Crippen MR) is 187 cm³/mol. The summed E-state index contributed by atoms with van der Waals surface area (Å²) in [4.78, 5) is 5.12. The predicted octanol–water partition coefficient (Wildman–Crippen LogP) is 8.48. The van der Waals surface area contributed by atoms with Crippen molar-refractivity contribution in [2.45, 2.75) is 0 Å². The van der Waals surface area contributed by atoms with Crippen molar-refractivity contribution in [3.05, 3.63) is 152 Å². The van der Waals surface area contributed by atoms with Gasteiger partial charge in [0.2, 0.25) is 0 Å². The molecule has 0 saturated carbocycles. The van der Waals surface area contributed by atoms with Crippen molar-refractivity contribution in [1.82, 2.24) is 9.38 Å². The first-order valence-corrected chi connectivity index (χ1v) is 18.5. The first-order chi connectivity index (χ1) is 21.2. The Morgan fingerprint density at radius 1 is 0.442 bits per heavy atom. The van der Waals surface area contributed by atoms with Gasteiger partial charge in [-0.15, -0.1) is 0 Å². The maximum absolute atomic E-state index is 5.12. The zero-order valence-corrected chi connectivity index (χ0v) is 25.8. The molecule has 0 amide bonds. The number of pyridine rings is 1. The Kier molecular flexibility index (Phi) is 5.52. The number of nitrogens with zero attached hydrogens (tertiary/aromatic N) is 2. The fraction of sp³-hybridized carbons (Fsp3) is 0. The van der Waals surface area contributed by atoms with E-state index in [-0.39, 0.29) is 0 Å². The van der Waals surface area contributed by atoms with E-state index in [1.165, 1.54) is 59.1 Å². The zero-order valence-electron chi connectivity index (χ0n) is 23.2. The summed E-state index contributed by atoms with van der Waals surface area (Å²) in [5, 5.41) is 12.7. The molecule has 0 fully saturated rings. The first kappa shape index (κ1) is 25.0. The molecule has 9 aromatic rings. The second-order valence-electron chi connectivity index (χ2n) is 11.1. The Balaban J connectivity index is 1.35. The van der Waals surface area contributed by atoms with Crippen molar-refractivity contribution in [1.29, 1.82) is 0 Å². The minimum absolute atomic E-state index is 1.00. The molecule has 0 radical (unpaired) electrons. The number of benzene rings is 7. The summed E-state index contributed by atoms with van der Waals surface area (Å²) in [6.07, 6.45) is 0. The third kappa shape index (κ3) is 3.66. The molecular formula is C39H25N2PSe. The van der Waals surface area contributed by atoms with Gasteiger partial charge in [0.25, 0.3) is 0 Å². The van der Waals surface area contributed by atoms with Gasteiger partial charge in [0.15, 0.2) is 0 Å². The summed E-state index contributed by atoms with van der Waals surface area (Å²) in [6.45, 7) is 0.